The Kier molecular flexibility index (Phi) is 9.97. The fourth-order valence-electron chi connectivity index (χ4n) is 4.72. The second-order valence-corrected chi connectivity index (χ2v) is 8.89. The van der Waals surface area contributed by atoms with Crippen molar-refractivity contribution < 1.29 is 4.74 Å². The van der Waals surface area contributed by atoms with Gasteiger partial charge in [-0.05, 0) is 30.3 Å². The van der Waals surface area contributed by atoms with Gasteiger partial charge in [0.1, 0.15) is 0 Å². The third-order valence-corrected chi connectivity index (χ3v) is 6.59. The lowest BCUT2D eigenvalue weighted by Gasteiger charge is -2.36. The van der Waals surface area contributed by atoms with E-state index in [0.29, 0.717) is 6.04 Å². The molecule has 0 radical (unpaired) electrons. The first-order valence-corrected chi connectivity index (χ1v) is 11.8. The van der Waals surface area contributed by atoms with Crippen molar-refractivity contribution in [2.24, 2.45) is 4.99 Å². The van der Waals surface area contributed by atoms with Crippen LogP contribution in [0.3, 0.4) is 0 Å². The van der Waals surface area contributed by atoms with Gasteiger partial charge in [-0.2, -0.15) is 0 Å². The Balaban J connectivity index is 0.00000306. The van der Waals surface area contributed by atoms with Crippen LogP contribution in [0.2, 0.25) is 0 Å². The third kappa shape index (κ3) is 6.91. The summed E-state index contributed by atoms with van der Waals surface area (Å²) < 4.78 is 6.15. The van der Waals surface area contributed by atoms with Crippen LogP contribution in [0.4, 0.5) is 0 Å². The molecule has 6 nitrogen and oxygen atoms in total. The quantitative estimate of drug-likeness (QED) is 0.318. The summed E-state index contributed by atoms with van der Waals surface area (Å²) in [5.41, 5.74) is 4.00. The third-order valence-electron chi connectivity index (χ3n) is 6.59. The normalized spacial score (nSPS) is 21.1. The molecule has 0 aliphatic carbocycles. The second kappa shape index (κ2) is 12.7. The maximum Gasteiger partial charge on any atom is 0.194 e. The van der Waals surface area contributed by atoms with Gasteiger partial charge < -0.3 is 19.9 Å². The van der Waals surface area contributed by atoms with E-state index < -0.39 is 0 Å². The monoisotopic (exact) mass is 563 g/mol. The molecule has 0 saturated carbocycles. The fraction of sp³-hybridized carbons (Fsp3) is 0.500. The van der Waals surface area contributed by atoms with Gasteiger partial charge in [0, 0.05) is 46.3 Å². The van der Waals surface area contributed by atoms with Crippen molar-refractivity contribution >= 4 is 29.9 Å². The van der Waals surface area contributed by atoms with Crippen LogP contribution in [-0.4, -0.2) is 79.7 Å². The van der Waals surface area contributed by atoms with Crippen LogP contribution in [0.25, 0.3) is 0 Å². The molecule has 0 aromatic heterocycles. The zero-order valence-electron chi connectivity index (χ0n) is 20.1. The van der Waals surface area contributed by atoms with Crippen LogP contribution in [-0.2, 0) is 24.4 Å². The van der Waals surface area contributed by atoms with E-state index in [1.165, 1.54) is 16.7 Å². The number of morpholine rings is 1. The molecule has 180 valence electrons. The van der Waals surface area contributed by atoms with Crippen LogP contribution >= 0.6 is 24.0 Å². The predicted octanol–water partition coefficient (Wildman–Crippen LogP) is 3.42. The molecular formula is C26H38IN5O. The summed E-state index contributed by atoms with van der Waals surface area (Å²) in [6.45, 7) is 9.57. The van der Waals surface area contributed by atoms with Gasteiger partial charge in [-0.3, -0.25) is 9.89 Å². The molecule has 0 spiro atoms. The van der Waals surface area contributed by atoms with Gasteiger partial charge in [-0.15, -0.1) is 24.0 Å². The van der Waals surface area contributed by atoms with E-state index in [2.05, 4.69) is 93.6 Å². The minimum Gasteiger partial charge on any atom is -0.373 e. The molecule has 1 N–H and O–H groups in total. The summed E-state index contributed by atoms with van der Waals surface area (Å²) in [6.07, 6.45) is 0.235. The van der Waals surface area contributed by atoms with Crippen molar-refractivity contribution in [2.75, 3.05) is 46.9 Å². The van der Waals surface area contributed by atoms with Gasteiger partial charge in [0.2, 0.25) is 0 Å². The highest BCUT2D eigenvalue weighted by Crippen LogP contribution is 2.24. The van der Waals surface area contributed by atoms with Gasteiger partial charge in [-0.1, -0.05) is 61.5 Å². The second-order valence-electron chi connectivity index (χ2n) is 8.89. The smallest absolute Gasteiger partial charge is 0.194 e. The number of guanidine groups is 1. The van der Waals surface area contributed by atoms with Crippen LogP contribution in [0.15, 0.2) is 59.6 Å². The SMILES string of the molecule is CCN(C)Cc1cccc(CNC(=NC)N2CC3OCCN(Cc4ccccc4)C3C2)c1.I. The first-order valence-electron chi connectivity index (χ1n) is 11.8. The molecule has 0 bridgehead atoms. The summed E-state index contributed by atoms with van der Waals surface area (Å²) in [4.78, 5) is 11.8. The Morgan fingerprint density at radius 1 is 1.09 bits per heavy atom. The number of ether oxygens (including phenoxy) is 1. The van der Waals surface area contributed by atoms with E-state index in [-0.39, 0.29) is 30.1 Å². The lowest BCUT2D eigenvalue weighted by atomic mass is 10.1. The topological polar surface area (TPSA) is 43.3 Å². The highest BCUT2D eigenvalue weighted by molar-refractivity contribution is 14.0. The number of halogens is 1. The number of likely N-dealkylation sites (tertiary alicyclic amines) is 1. The molecule has 2 unspecified atom stereocenters. The molecule has 7 heteroatoms. The van der Waals surface area contributed by atoms with Crippen LogP contribution < -0.4 is 5.32 Å². The number of benzene rings is 2. The Morgan fingerprint density at radius 2 is 1.85 bits per heavy atom. The van der Waals surface area contributed by atoms with Crippen molar-refractivity contribution in [3.63, 3.8) is 0 Å². The number of aliphatic imine (C=N–C) groups is 1. The Morgan fingerprint density at radius 3 is 2.61 bits per heavy atom. The molecule has 2 saturated heterocycles. The number of hydrogen-bond donors (Lipinski definition) is 1. The molecule has 4 rings (SSSR count). The highest BCUT2D eigenvalue weighted by atomic mass is 127. The van der Waals surface area contributed by atoms with Crippen molar-refractivity contribution in [1.82, 2.24) is 20.0 Å². The molecular weight excluding hydrogens is 525 g/mol. The Hall–Kier alpha value is -1.68. The minimum absolute atomic E-state index is 0. The van der Waals surface area contributed by atoms with Crippen LogP contribution in [0.5, 0.6) is 0 Å². The van der Waals surface area contributed by atoms with Gasteiger partial charge in [0.15, 0.2) is 5.96 Å². The Labute approximate surface area is 216 Å². The van der Waals surface area contributed by atoms with Crippen molar-refractivity contribution in [2.45, 2.75) is 38.7 Å². The zero-order valence-corrected chi connectivity index (χ0v) is 22.4. The average molecular weight is 564 g/mol. The fourth-order valence-corrected chi connectivity index (χ4v) is 4.72. The molecule has 2 heterocycles. The molecule has 2 atom stereocenters. The number of fused-ring (bicyclic) bond motifs is 1. The van der Waals surface area contributed by atoms with Crippen molar-refractivity contribution in [1.29, 1.82) is 0 Å². The van der Waals surface area contributed by atoms with Crippen LogP contribution in [0.1, 0.15) is 23.6 Å². The molecule has 2 fully saturated rings. The van der Waals surface area contributed by atoms with Gasteiger partial charge in [0.05, 0.1) is 18.8 Å². The number of rotatable bonds is 7. The van der Waals surface area contributed by atoms with Gasteiger partial charge in [-0.25, -0.2) is 0 Å². The van der Waals surface area contributed by atoms with Crippen molar-refractivity contribution in [3.8, 4) is 0 Å². The number of hydrogen-bond acceptors (Lipinski definition) is 4. The molecule has 2 aromatic carbocycles. The van der Waals surface area contributed by atoms with Gasteiger partial charge >= 0.3 is 0 Å². The standard InChI is InChI=1S/C26H37N5O.HI/c1-4-29(3)17-23-12-8-11-22(15-23)16-28-26(27-2)31-19-24-25(20-31)32-14-13-30(24)18-21-9-6-5-7-10-21;/h5-12,15,24-25H,4,13-14,16-20H2,1-3H3,(H,27,28);1H. The molecule has 2 aliphatic rings. The Bertz CT molecular complexity index is 893. The number of nitrogens with one attached hydrogen (secondary N) is 1. The van der Waals surface area contributed by atoms with Crippen LogP contribution in [0, 0.1) is 0 Å². The van der Waals surface area contributed by atoms with E-state index >= 15 is 0 Å². The first kappa shape index (κ1) is 25.9. The maximum absolute atomic E-state index is 6.15. The molecule has 2 aromatic rings. The first-order chi connectivity index (χ1) is 15.7. The number of nitrogens with zero attached hydrogens (tertiary/aromatic N) is 4. The van der Waals surface area contributed by atoms with E-state index in [4.69, 9.17) is 4.74 Å². The summed E-state index contributed by atoms with van der Waals surface area (Å²) in [5.74, 6) is 0.957. The zero-order chi connectivity index (χ0) is 22.3. The van der Waals surface area contributed by atoms with E-state index in [0.717, 1.165) is 58.4 Å². The summed E-state index contributed by atoms with van der Waals surface area (Å²) in [6, 6.07) is 20.0. The molecule has 0 amide bonds. The van der Waals surface area contributed by atoms with Gasteiger partial charge in [0.25, 0.3) is 0 Å². The lowest BCUT2D eigenvalue weighted by Crippen LogP contribution is -2.50. The minimum atomic E-state index is 0. The maximum atomic E-state index is 6.15. The molecule has 33 heavy (non-hydrogen) atoms. The summed E-state index contributed by atoms with van der Waals surface area (Å²) in [5, 5.41) is 3.58. The largest absolute Gasteiger partial charge is 0.373 e. The van der Waals surface area contributed by atoms with E-state index in [1.807, 2.05) is 7.05 Å². The highest BCUT2D eigenvalue weighted by Gasteiger charge is 2.41. The van der Waals surface area contributed by atoms with E-state index in [1.54, 1.807) is 0 Å². The predicted molar refractivity (Wildman–Crippen MR) is 146 cm³/mol. The molecule has 2 aliphatic heterocycles. The summed E-state index contributed by atoms with van der Waals surface area (Å²) >= 11 is 0. The average Bonchev–Trinajstić information content (AvgIpc) is 3.25. The lowest BCUT2D eigenvalue weighted by molar-refractivity contribution is -0.0502. The summed E-state index contributed by atoms with van der Waals surface area (Å²) in [7, 11) is 4.03. The van der Waals surface area contributed by atoms with Crippen molar-refractivity contribution in [3.05, 3.63) is 71.3 Å². The van der Waals surface area contributed by atoms with E-state index in [9.17, 15) is 0 Å².